The maximum absolute atomic E-state index is 6.05. The monoisotopic (exact) mass is 360 g/mol. The molecule has 0 aliphatic heterocycles. The highest BCUT2D eigenvalue weighted by atomic mass is 35.5. The number of ether oxygens (including phenoxy) is 1. The summed E-state index contributed by atoms with van der Waals surface area (Å²) < 4.78 is 5.62. The minimum absolute atomic E-state index is 0.226. The van der Waals surface area contributed by atoms with Crippen LogP contribution in [0.2, 0.25) is 20.1 Å². The molecule has 1 N–H and O–H groups in total. The van der Waals surface area contributed by atoms with Gasteiger partial charge in [-0.25, -0.2) is 4.98 Å². The Bertz CT molecular complexity index is 816. The van der Waals surface area contributed by atoms with E-state index in [-0.39, 0.29) is 6.61 Å². The second-order valence-electron chi connectivity index (χ2n) is 4.33. The van der Waals surface area contributed by atoms with Crippen LogP contribution >= 0.6 is 46.4 Å². The van der Waals surface area contributed by atoms with E-state index in [9.17, 15) is 0 Å². The Hall–Kier alpha value is -1.13. The summed E-state index contributed by atoms with van der Waals surface area (Å²) >= 11 is 23.8. The average molecular weight is 362 g/mol. The smallest absolute Gasteiger partial charge is 0.146 e. The Morgan fingerprint density at radius 3 is 2.52 bits per heavy atom. The molecule has 0 amide bonds. The van der Waals surface area contributed by atoms with Crippen LogP contribution in [0.5, 0.6) is 5.75 Å². The lowest BCUT2D eigenvalue weighted by molar-refractivity contribution is 0.298. The maximum Gasteiger partial charge on any atom is 0.146 e. The third-order valence-electron chi connectivity index (χ3n) is 2.83. The maximum atomic E-state index is 6.05. The molecule has 0 radical (unpaired) electrons. The van der Waals surface area contributed by atoms with Gasteiger partial charge in [0, 0.05) is 11.1 Å². The zero-order valence-electron chi connectivity index (χ0n) is 10.5. The van der Waals surface area contributed by atoms with Gasteiger partial charge in [-0.05, 0) is 24.3 Å². The number of halogens is 4. The summed E-state index contributed by atoms with van der Waals surface area (Å²) in [5, 5.41) is 1.80. The number of nitrogens with zero attached hydrogens (tertiary/aromatic N) is 1. The number of hydrogen-bond acceptors (Lipinski definition) is 2. The molecular weight excluding hydrogens is 354 g/mol. The van der Waals surface area contributed by atoms with E-state index < -0.39 is 0 Å². The van der Waals surface area contributed by atoms with Crippen LogP contribution in [0.4, 0.5) is 0 Å². The van der Waals surface area contributed by atoms with Gasteiger partial charge in [0.25, 0.3) is 0 Å². The van der Waals surface area contributed by atoms with Crippen LogP contribution in [0.1, 0.15) is 5.82 Å². The predicted molar refractivity (Wildman–Crippen MR) is 86.9 cm³/mol. The molecule has 2 aromatic carbocycles. The van der Waals surface area contributed by atoms with Gasteiger partial charge in [-0.15, -0.1) is 0 Å². The molecular formula is C14H8Cl4N2O. The fourth-order valence-electron chi connectivity index (χ4n) is 1.86. The molecule has 0 aliphatic carbocycles. The van der Waals surface area contributed by atoms with E-state index in [1.54, 1.807) is 24.3 Å². The average Bonchev–Trinajstić information content (AvgIpc) is 2.83. The van der Waals surface area contributed by atoms with E-state index in [0.717, 1.165) is 11.0 Å². The SMILES string of the molecule is Clc1ccc2nc(COc3cc(Cl)c(Cl)cc3Cl)[nH]c2c1. The summed E-state index contributed by atoms with van der Waals surface area (Å²) in [6.07, 6.45) is 0. The first kappa shape index (κ1) is 14.8. The molecule has 7 heteroatoms. The topological polar surface area (TPSA) is 37.9 Å². The highest BCUT2D eigenvalue weighted by Gasteiger charge is 2.09. The number of aromatic amines is 1. The van der Waals surface area contributed by atoms with Gasteiger partial charge in [-0.2, -0.15) is 0 Å². The lowest BCUT2D eigenvalue weighted by Gasteiger charge is -2.07. The van der Waals surface area contributed by atoms with Crippen molar-refractivity contribution in [2.45, 2.75) is 6.61 Å². The number of aromatic nitrogens is 2. The van der Waals surface area contributed by atoms with Crippen LogP contribution in [-0.2, 0) is 6.61 Å². The summed E-state index contributed by atoms with van der Waals surface area (Å²) in [5.74, 6) is 1.11. The van der Waals surface area contributed by atoms with E-state index >= 15 is 0 Å². The number of fused-ring (bicyclic) bond motifs is 1. The van der Waals surface area contributed by atoms with Crippen molar-refractivity contribution in [1.82, 2.24) is 9.97 Å². The van der Waals surface area contributed by atoms with Crippen molar-refractivity contribution < 1.29 is 4.74 Å². The first-order chi connectivity index (χ1) is 10.0. The molecule has 0 atom stereocenters. The van der Waals surface area contributed by atoms with Crippen LogP contribution in [0, 0.1) is 0 Å². The number of hydrogen-bond donors (Lipinski definition) is 1. The third kappa shape index (κ3) is 3.22. The van der Waals surface area contributed by atoms with Gasteiger partial charge in [0.2, 0.25) is 0 Å². The van der Waals surface area contributed by atoms with E-state index in [1.165, 1.54) is 0 Å². The van der Waals surface area contributed by atoms with Crippen molar-refractivity contribution >= 4 is 57.4 Å². The summed E-state index contributed by atoms with van der Waals surface area (Å²) in [6, 6.07) is 8.54. The summed E-state index contributed by atoms with van der Waals surface area (Å²) in [4.78, 5) is 7.53. The molecule has 0 bridgehead atoms. The molecule has 3 aromatic rings. The summed E-state index contributed by atoms with van der Waals surface area (Å²) in [7, 11) is 0. The van der Waals surface area contributed by atoms with E-state index in [4.69, 9.17) is 51.1 Å². The second kappa shape index (κ2) is 5.93. The molecule has 108 valence electrons. The quantitative estimate of drug-likeness (QED) is 0.602. The number of H-pyrrole nitrogens is 1. The molecule has 1 heterocycles. The predicted octanol–water partition coefficient (Wildman–Crippen LogP) is 5.76. The molecule has 0 fully saturated rings. The number of benzene rings is 2. The van der Waals surface area contributed by atoms with Crippen LogP contribution in [0.3, 0.4) is 0 Å². The normalized spacial score (nSPS) is 11.0. The van der Waals surface area contributed by atoms with Crippen molar-refractivity contribution in [1.29, 1.82) is 0 Å². The van der Waals surface area contributed by atoms with Gasteiger partial charge in [-0.1, -0.05) is 46.4 Å². The van der Waals surface area contributed by atoms with Gasteiger partial charge >= 0.3 is 0 Å². The first-order valence-corrected chi connectivity index (χ1v) is 7.45. The highest BCUT2D eigenvalue weighted by Crippen LogP contribution is 2.34. The lowest BCUT2D eigenvalue weighted by atomic mass is 10.3. The molecule has 21 heavy (non-hydrogen) atoms. The fraction of sp³-hybridized carbons (Fsp3) is 0.0714. The van der Waals surface area contributed by atoms with Gasteiger partial charge < -0.3 is 9.72 Å². The Morgan fingerprint density at radius 1 is 0.952 bits per heavy atom. The molecule has 0 spiro atoms. The van der Waals surface area contributed by atoms with E-state index in [0.29, 0.717) is 31.7 Å². The highest BCUT2D eigenvalue weighted by molar-refractivity contribution is 6.43. The number of rotatable bonds is 3. The van der Waals surface area contributed by atoms with Gasteiger partial charge in [0.15, 0.2) is 0 Å². The second-order valence-corrected chi connectivity index (χ2v) is 5.99. The minimum Gasteiger partial charge on any atom is -0.484 e. The fourth-order valence-corrected chi connectivity index (χ4v) is 2.63. The van der Waals surface area contributed by atoms with Crippen molar-refractivity contribution in [2.75, 3.05) is 0 Å². The van der Waals surface area contributed by atoms with Gasteiger partial charge in [-0.3, -0.25) is 0 Å². The van der Waals surface area contributed by atoms with Gasteiger partial charge in [0.1, 0.15) is 18.2 Å². The van der Waals surface area contributed by atoms with Crippen molar-refractivity contribution in [2.24, 2.45) is 0 Å². The largest absolute Gasteiger partial charge is 0.484 e. The lowest BCUT2D eigenvalue weighted by Crippen LogP contribution is -1.98. The first-order valence-electron chi connectivity index (χ1n) is 5.94. The van der Waals surface area contributed by atoms with Crippen molar-refractivity contribution in [3.63, 3.8) is 0 Å². The number of nitrogens with one attached hydrogen (secondary N) is 1. The molecule has 3 rings (SSSR count). The van der Waals surface area contributed by atoms with Gasteiger partial charge in [0.05, 0.1) is 26.1 Å². The molecule has 3 nitrogen and oxygen atoms in total. The Morgan fingerprint density at radius 2 is 1.71 bits per heavy atom. The molecule has 1 aromatic heterocycles. The van der Waals surface area contributed by atoms with Crippen LogP contribution < -0.4 is 4.74 Å². The Kier molecular flexibility index (Phi) is 4.18. The Balaban J connectivity index is 1.81. The molecule has 0 saturated heterocycles. The van der Waals surface area contributed by atoms with Crippen LogP contribution in [0.15, 0.2) is 30.3 Å². The minimum atomic E-state index is 0.226. The third-order valence-corrected chi connectivity index (χ3v) is 4.08. The summed E-state index contributed by atoms with van der Waals surface area (Å²) in [5.41, 5.74) is 1.67. The van der Waals surface area contributed by atoms with E-state index in [2.05, 4.69) is 9.97 Å². The molecule has 0 aliphatic rings. The van der Waals surface area contributed by atoms with Crippen molar-refractivity contribution in [3.05, 3.63) is 56.2 Å². The standard InChI is InChI=1S/C14H8Cl4N2O/c15-7-1-2-11-12(3-7)20-14(19-11)6-21-13-5-9(17)8(16)4-10(13)18/h1-5H,6H2,(H,19,20). The Labute approximate surface area is 140 Å². The van der Waals surface area contributed by atoms with Crippen LogP contribution in [-0.4, -0.2) is 9.97 Å². The van der Waals surface area contributed by atoms with Crippen molar-refractivity contribution in [3.8, 4) is 5.75 Å². The summed E-state index contributed by atoms with van der Waals surface area (Å²) in [6.45, 7) is 0.226. The number of imidazole rings is 1. The van der Waals surface area contributed by atoms with E-state index in [1.807, 2.05) is 6.07 Å². The zero-order valence-corrected chi connectivity index (χ0v) is 13.5. The molecule has 0 saturated carbocycles. The van der Waals surface area contributed by atoms with Crippen LogP contribution in [0.25, 0.3) is 11.0 Å². The zero-order chi connectivity index (χ0) is 15.0. The molecule has 0 unspecified atom stereocenters.